The maximum absolute atomic E-state index is 12.2. The summed E-state index contributed by atoms with van der Waals surface area (Å²) in [5.74, 6) is 0.142. The van der Waals surface area contributed by atoms with Crippen LogP contribution in [0.3, 0.4) is 0 Å². The van der Waals surface area contributed by atoms with Crippen LogP contribution in [0.5, 0.6) is 0 Å². The first kappa shape index (κ1) is 18.9. The van der Waals surface area contributed by atoms with E-state index in [4.69, 9.17) is 0 Å². The van der Waals surface area contributed by atoms with Crippen molar-refractivity contribution in [3.8, 4) is 0 Å². The molecule has 0 spiro atoms. The molecule has 2 aromatic rings. The number of benzene rings is 1. The zero-order valence-corrected chi connectivity index (χ0v) is 16.3. The number of aromatic nitrogens is 2. The summed E-state index contributed by atoms with van der Waals surface area (Å²) in [5, 5.41) is 12.0. The lowest BCUT2D eigenvalue weighted by Gasteiger charge is -2.18. The summed E-state index contributed by atoms with van der Waals surface area (Å²) in [6.45, 7) is 6.10. The normalized spacial score (nSPS) is 12.2. The summed E-state index contributed by atoms with van der Waals surface area (Å²) in [4.78, 5) is 12.4. The van der Waals surface area contributed by atoms with E-state index in [1.807, 2.05) is 20.8 Å². The molecular weight excluding hydrogens is 366 g/mol. The fourth-order valence-corrected chi connectivity index (χ4v) is 4.22. The molecule has 0 unspecified atom stereocenters. The lowest BCUT2D eigenvalue weighted by atomic mass is 10.1. The Morgan fingerprint density at radius 1 is 1.21 bits per heavy atom. The number of carbonyl (C=O) groups is 1. The van der Waals surface area contributed by atoms with Crippen LogP contribution in [0, 0.1) is 0 Å². The third kappa shape index (κ3) is 5.57. The first-order chi connectivity index (χ1) is 11.0. The van der Waals surface area contributed by atoms with Gasteiger partial charge in [0.1, 0.15) is 0 Å². The molecule has 9 heteroatoms. The largest absolute Gasteiger partial charge is 0.355 e. The molecule has 0 aliphatic rings. The van der Waals surface area contributed by atoms with Crippen molar-refractivity contribution in [2.45, 2.75) is 35.5 Å². The van der Waals surface area contributed by atoms with E-state index in [1.165, 1.54) is 47.4 Å². The van der Waals surface area contributed by atoms with Crippen molar-refractivity contribution in [3.05, 3.63) is 29.8 Å². The van der Waals surface area contributed by atoms with Gasteiger partial charge in [0.25, 0.3) is 0 Å². The number of nitrogens with zero attached hydrogens (tertiary/aromatic N) is 2. The Labute approximate surface area is 150 Å². The Hall–Kier alpha value is -1.45. The Morgan fingerprint density at radius 2 is 1.83 bits per heavy atom. The van der Waals surface area contributed by atoms with Crippen molar-refractivity contribution in [3.63, 3.8) is 0 Å². The second kappa shape index (κ2) is 7.20. The van der Waals surface area contributed by atoms with Gasteiger partial charge < -0.3 is 5.32 Å². The van der Waals surface area contributed by atoms with Gasteiger partial charge in [-0.2, -0.15) is 0 Å². The van der Waals surface area contributed by atoms with E-state index in [1.54, 1.807) is 0 Å². The minimum atomic E-state index is -3.25. The molecule has 24 heavy (non-hydrogen) atoms. The van der Waals surface area contributed by atoms with Gasteiger partial charge in [0.15, 0.2) is 20.0 Å². The minimum Gasteiger partial charge on any atom is -0.355 e. The van der Waals surface area contributed by atoms with Crippen molar-refractivity contribution in [2.24, 2.45) is 0 Å². The highest BCUT2D eigenvalue weighted by Crippen LogP contribution is 2.27. The minimum absolute atomic E-state index is 0.0828. The molecule has 0 fully saturated rings. The number of thioether (sulfide) groups is 1. The summed E-state index contributed by atoms with van der Waals surface area (Å²) < 4.78 is 23.5. The van der Waals surface area contributed by atoms with Crippen LogP contribution in [0.15, 0.2) is 33.5 Å². The van der Waals surface area contributed by atoms with Gasteiger partial charge in [-0.1, -0.05) is 35.2 Å². The lowest BCUT2D eigenvalue weighted by Crippen LogP contribution is -2.25. The van der Waals surface area contributed by atoms with E-state index in [0.717, 1.165) is 11.4 Å². The van der Waals surface area contributed by atoms with E-state index in [-0.39, 0.29) is 22.0 Å². The molecule has 0 aliphatic carbocycles. The number of ketones is 1. The van der Waals surface area contributed by atoms with Gasteiger partial charge in [-0.25, -0.2) is 8.42 Å². The first-order valence-corrected chi connectivity index (χ1v) is 10.8. The lowest BCUT2D eigenvalue weighted by molar-refractivity contribution is 0.102. The molecular formula is C15H19N3O3S3. The van der Waals surface area contributed by atoms with Crippen LogP contribution >= 0.6 is 23.1 Å². The predicted octanol–water partition coefficient (Wildman–Crippen LogP) is 3.13. The van der Waals surface area contributed by atoms with Gasteiger partial charge in [-0.05, 0) is 32.9 Å². The molecule has 2 rings (SSSR count). The monoisotopic (exact) mass is 385 g/mol. The highest BCUT2D eigenvalue weighted by atomic mass is 32.2. The van der Waals surface area contributed by atoms with E-state index < -0.39 is 9.84 Å². The Balaban J connectivity index is 1.96. The second-order valence-corrected chi connectivity index (χ2v) is 10.5. The van der Waals surface area contributed by atoms with Gasteiger partial charge in [-0.15, -0.1) is 10.2 Å². The van der Waals surface area contributed by atoms with Gasteiger partial charge in [-0.3, -0.25) is 4.79 Å². The van der Waals surface area contributed by atoms with Gasteiger partial charge in [0, 0.05) is 17.4 Å². The fraction of sp³-hybridized carbons (Fsp3) is 0.400. The molecule has 6 nitrogen and oxygen atoms in total. The quantitative estimate of drug-likeness (QED) is 0.603. The molecule has 0 saturated heterocycles. The van der Waals surface area contributed by atoms with Crippen molar-refractivity contribution in [1.29, 1.82) is 0 Å². The second-order valence-electron chi connectivity index (χ2n) is 6.26. The molecule has 1 N–H and O–H groups in total. The SMILES string of the molecule is CC(C)(C)Nc1nnc(SCC(=O)c2ccc(S(C)(=O)=O)cc2)s1. The van der Waals surface area contributed by atoms with Crippen LogP contribution < -0.4 is 5.32 Å². The molecule has 0 atom stereocenters. The summed E-state index contributed by atoms with van der Waals surface area (Å²) in [6, 6.07) is 5.96. The highest BCUT2D eigenvalue weighted by Gasteiger charge is 2.15. The number of Topliss-reactive ketones (excluding diaryl/α,β-unsaturated/α-hetero) is 1. The Morgan fingerprint density at radius 3 is 2.38 bits per heavy atom. The predicted molar refractivity (Wildman–Crippen MR) is 97.9 cm³/mol. The van der Waals surface area contributed by atoms with Crippen LogP contribution in [-0.4, -0.2) is 41.9 Å². The highest BCUT2D eigenvalue weighted by molar-refractivity contribution is 8.01. The molecule has 0 aliphatic heterocycles. The maximum Gasteiger partial charge on any atom is 0.206 e. The van der Waals surface area contributed by atoms with E-state index >= 15 is 0 Å². The standard InChI is InChI=1S/C15H19N3O3S3/c1-15(2,3)16-13-17-18-14(23-13)22-9-12(19)10-5-7-11(8-6-10)24(4,20)21/h5-8H,9H2,1-4H3,(H,16,17). The molecule has 0 radical (unpaired) electrons. The van der Waals surface area contributed by atoms with Gasteiger partial charge in [0.05, 0.1) is 10.6 Å². The van der Waals surface area contributed by atoms with Gasteiger partial charge in [0.2, 0.25) is 5.13 Å². The molecule has 1 aromatic heterocycles. The fourth-order valence-electron chi connectivity index (χ4n) is 1.74. The molecule has 1 heterocycles. The summed E-state index contributed by atoms with van der Waals surface area (Å²) in [5.41, 5.74) is 0.381. The van der Waals surface area contributed by atoms with Crippen molar-refractivity contribution in [2.75, 3.05) is 17.3 Å². The summed E-state index contributed by atoms with van der Waals surface area (Å²) in [6.07, 6.45) is 1.14. The number of nitrogens with one attached hydrogen (secondary N) is 1. The molecule has 0 saturated carbocycles. The topological polar surface area (TPSA) is 89.0 Å². The number of hydrogen-bond acceptors (Lipinski definition) is 8. The molecule has 130 valence electrons. The smallest absolute Gasteiger partial charge is 0.206 e. The van der Waals surface area contributed by atoms with Crippen LogP contribution in [0.4, 0.5) is 5.13 Å². The molecule has 0 bridgehead atoms. The third-order valence-corrected chi connectivity index (χ3v) is 5.92. The van der Waals surface area contributed by atoms with Crippen LogP contribution in [-0.2, 0) is 9.84 Å². The molecule has 1 aromatic carbocycles. The Kier molecular flexibility index (Phi) is 5.67. The summed E-state index contributed by atoms with van der Waals surface area (Å²) in [7, 11) is -3.25. The zero-order valence-electron chi connectivity index (χ0n) is 13.9. The average Bonchev–Trinajstić information content (AvgIpc) is 2.89. The van der Waals surface area contributed by atoms with Crippen LogP contribution in [0.1, 0.15) is 31.1 Å². The maximum atomic E-state index is 12.2. The van der Waals surface area contributed by atoms with E-state index in [2.05, 4.69) is 15.5 Å². The molecule has 0 amide bonds. The first-order valence-electron chi connectivity index (χ1n) is 7.12. The number of carbonyl (C=O) groups excluding carboxylic acids is 1. The number of anilines is 1. The van der Waals surface area contributed by atoms with Crippen molar-refractivity contribution >= 4 is 43.9 Å². The zero-order chi connectivity index (χ0) is 18.0. The average molecular weight is 386 g/mol. The van der Waals surface area contributed by atoms with E-state index in [0.29, 0.717) is 9.90 Å². The van der Waals surface area contributed by atoms with E-state index in [9.17, 15) is 13.2 Å². The number of rotatable bonds is 6. The summed E-state index contributed by atoms with van der Waals surface area (Å²) >= 11 is 2.72. The van der Waals surface area contributed by atoms with Crippen molar-refractivity contribution < 1.29 is 13.2 Å². The Bertz CT molecular complexity index is 822. The van der Waals surface area contributed by atoms with Crippen molar-refractivity contribution in [1.82, 2.24) is 10.2 Å². The third-order valence-electron chi connectivity index (χ3n) is 2.82. The number of hydrogen-bond donors (Lipinski definition) is 1. The van der Waals surface area contributed by atoms with Crippen LogP contribution in [0.2, 0.25) is 0 Å². The van der Waals surface area contributed by atoms with Gasteiger partial charge >= 0.3 is 0 Å². The number of sulfone groups is 1. The van der Waals surface area contributed by atoms with Crippen LogP contribution in [0.25, 0.3) is 0 Å².